The molecule has 0 atom stereocenters. The molecule has 0 spiro atoms. The summed E-state index contributed by atoms with van der Waals surface area (Å²) in [5.74, 6) is 2.43. The lowest BCUT2D eigenvalue weighted by molar-refractivity contribution is 0.145. The van der Waals surface area contributed by atoms with E-state index in [1.165, 1.54) is 11.1 Å². The zero-order valence-corrected chi connectivity index (χ0v) is 21.4. The maximum atomic E-state index is 9.84. The first-order valence-corrected chi connectivity index (χ1v) is 12.8. The van der Waals surface area contributed by atoms with Crippen molar-refractivity contribution in [2.75, 3.05) is 30.4 Å². The molecule has 1 fully saturated rings. The van der Waals surface area contributed by atoms with E-state index in [2.05, 4.69) is 64.2 Å². The summed E-state index contributed by atoms with van der Waals surface area (Å²) < 4.78 is 7.84. The van der Waals surface area contributed by atoms with E-state index in [1.54, 1.807) is 7.11 Å². The van der Waals surface area contributed by atoms with Gasteiger partial charge in [-0.25, -0.2) is 9.97 Å². The van der Waals surface area contributed by atoms with Crippen molar-refractivity contribution >= 4 is 22.5 Å². The fourth-order valence-electron chi connectivity index (χ4n) is 5.07. The lowest BCUT2D eigenvalue weighted by Crippen LogP contribution is -2.35. The van der Waals surface area contributed by atoms with E-state index in [1.807, 2.05) is 19.3 Å². The van der Waals surface area contributed by atoms with E-state index in [-0.39, 0.29) is 6.10 Å². The molecule has 0 saturated carbocycles. The molecule has 0 radical (unpaired) electrons. The van der Waals surface area contributed by atoms with E-state index >= 15 is 0 Å². The average molecular weight is 486 g/mol. The lowest BCUT2D eigenvalue weighted by atomic mass is 10.1. The number of fused-ring (bicyclic) bond motifs is 1. The quantitative estimate of drug-likeness (QED) is 0.377. The van der Waals surface area contributed by atoms with E-state index in [9.17, 15) is 5.11 Å². The zero-order chi connectivity index (χ0) is 25.1. The van der Waals surface area contributed by atoms with Gasteiger partial charge >= 0.3 is 0 Å². The van der Waals surface area contributed by atoms with Crippen LogP contribution in [0.2, 0.25) is 0 Å². The molecular formula is C29H35N5O2. The summed E-state index contributed by atoms with van der Waals surface area (Å²) in [6, 6.07) is 16.9. The molecule has 1 saturated heterocycles. The highest BCUT2D eigenvalue weighted by Gasteiger charge is 2.19. The number of aryl methyl sites for hydroxylation is 2. The Hall–Kier alpha value is -3.58. The highest BCUT2D eigenvalue weighted by molar-refractivity contribution is 5.86. The van der Waals surface area contributed by atoms with Crippen molar-refractivity contribution in [3.8, 4) is 5.75 Å². The molecule has 7 heteroatoms. The predicted octanol–water partition coefficient (Wildman–Crippen LogP) is 4.70. The van der Waals surface area contributed by atoms with Crippen LogP contribution in [0.5, 0.6) is 5.75 Å². The predicted molar refractivity (Wildman–Crippen MR) is 145 cm³/mol. The summed E-state index contributed by atoms with van der Waals surface area (Å²) in [7, 11) is 3.74. The van der Waals surface area contributed by atoms with Gasteiger partial charge in [0.2, 0.25) is 0 Å². The van der Waals surface area contributed by atoms with Crippen molar-refractivity contribution in [3.05, 3.63) is 77.2 Å². The van der Waals surface area contributed by atoms with Crippen LogP contribution in [0.25, 0.3) is 11.0 Å². The molecule has 2 aromatic carbocycles. The molecule has 4 aromatic rings. The number of methoxy groups -OCH3 is 1. The van der Waals surface area contributed by atoms with Crippen LogP contribution in [-0.2, 0) is 26.4 Å². The number of ether oxygens (including phenoxy) is 1. The molecule has 0 amide bonds. The van der Waals surface area contributed by atoms with E-state index < -0.39 is 0 Å². The van der Waals surface area contributed by atoms with Crippen LogP contribution in [0.1, 0.15) is 42.3 Å². The molecule has 7 nitrogen and oxygen atoms in total. The second-order valence-corrected chi connectivity index (χ2v) is 9.52. The molecule has 36 heavy (non-hydrogen) atoms. The highest BCUT2D eigenvalue weighted by Crippen LogP contribution is 2.30. The monoisotopic (exact) mass is 485 g/mol. The number of rotatable bonds is 8. The number of hydrogen-bond acceptors (Lipinski definition) is 6. The first kappa shape index (κ1) is 24.1. The van der Waals surface area contributed by atoms with E-state index in [0.717, 1.165) is 72.0 Å². The number of anilines is 2. The topological polar surface area (TPSA) is 75.4 Å². The third kappa shape index (κ3) is 5.02. The molecule has 5 rings (SSSR count). The summed E-state index contributed by atoms with van der Waals surface area (Å²) in [6.45, 7) is 4.61. The SMILES string of the molecule is CCc1ccccc1CNc1nc(Cc2ccc(N3CCC(O)CC3)cc2OC)nc2ccn(C)c12. The van der Waals surface area contributed by atoms with Crippen molar-refractivity contribution < 1.29 is 9.84 Å². The number of aliphatic hydroxyl groups excluding tert-OH is 1. The second-order valence-electron chi connectivity index (χ2n) is 9.52. The number of nitrogens with one attached hydrogen (secondary N) is 1. The number of nitrogens with zero attached hydrogens (tertiary/aromatic N) is 4. The Bertz CT molecular complexity index is 1340. The van der Waals surface area contributed by atoms with Gasteiger partial charge in [-0.05, 0) is 42.5 Å². The Morgan fingerprint density at radius 2 is 1.81 bits per heavy atom. The van der Waals surface area contributed by atoms with Crippen molar-refractivity contribution in [1.29, 1.82) is 0 Å². The first-order chi connectivity index (χ1) is 17.6. The minimum atomic E-state index is -0.189. The van der Waals surface area contributed by atoms with Crippen LogP contribution in [0, 0.1) is 0 Å². The smallest absolute Gasteiger partial charge is 0.154 e. The normalized spacial score (nSPS) is 14.4. The Balaban J connectivity index is 1.41. The van der Waals surface area contributed by atoms with Gasteiger partial charge in [0.05, 0.1) is 18.7 Å². The van der Waals surface area contributed by atoms with E-state index in [4.69, 9.17) is 14.7 Å². The third-order valence-corrected chi connectivity index (χ3v) is 7.16. The average Bonchev–Trinajstić information content (AvgIpc) is 3.28. The van der Waals surface area contributed by atoms with Crippen LogP contribution in [0.4, 0.5) is 11.5 Å². The largest absolute Gasteiger partial charge is 0.496 e. The lowest BCUT2D eigenvalue weighted by Gasteiger charge is -2.31. The fourth-order valence-corrected chi connectivity index (χ4v) is 5.07. The molecule has 3 heterocycles. The summed E-state index contributed by atoms with van der Waals surface area (Å²) in [5.41, 5.74) is 6.73. The Morgan fingerprint density at radius 3 is 2.56 bits per heavy atom. The summed E-state index contributed by atoms with van der Waals surface area (Å²) in [4.78, 5) is 12.1. The third-order valence-electron chi connectivity index (χ3n) is 7.16. The molecule has 2 aromatic heterocycles. The minimum Gasteiger partial charge on any atom is -0.496 e. The second kappa shape index (κ2) is 10.6. The molecule has 0 bridgehead atoms. The van der Waals surface area contributed by atoms with Gasteiger partial charge in [0.15, 0.2) is 5.82 Å². The van der Waals surface area contributed by atoms with Crippen LogP contribution in [0.15, 0.2) is 54.7 Å². The van der Waals surface area contributed by atoms with Crippen molar-refractivity contribution in [2.45, 2.75) is 45.3 Å². The molecule has 2 N–H and O–H groups in total. The molecule has 0 unspecified atom stereocenters. The number of aliphatic hydroxyl groups is 1. The van der Waals surface area contributed by atoms with Gasteiger partial charge in [0.1, 0.15) is 17.1 Å². The van der Waals surface area contributed by atoms with Gasteiger partial charge in [-0.3, -0.25) is 0 Å². The van der Waals surface area contributed by atoms with Crippen molar-refractivity contribution in [1.82, 2.24) is 14.5 Å². The van der Waals surface area contributed by atoms with Gasteiger partial charge < -0.3 is 24.6 Å². The van der Waals surface area contributed by atoms with Crippen LogP contribution >= 0.6 is 0 Å². The van der Waals surface area contributed by atoms with Crippen molar-refractivity contribution in [2.24, 2.45) is 7.05 Å². The van der Waals surface area contributed by atoms with Gasteiger partial charge in [-0.2, -0.15) is 0 Å². The first-order valence-electron chi connectivity index (χ1n) is 12.8. The maximum absolute atomic E-state index is 9.84. The van der Waals surface area contributed by atoms with Crippen molar-refractivity contribution in [3.63, 3.8) is 0 Å². The molecular weight excluding hydrogens is 450 g/mol. The van der Waals surface area contributed by atoms with Gasteiger partial charge in [0.25, 0.3) is 0 Å². The number of aromatic nitrogens is 3. The Morgan fingerprint density at radius 1 is 1.03 bits per heavy atom. The van der Waals surface area contributed by atoms with E-state index in [0.29, 0.717) is 13.0 Å². The van der Waals surface area contributed by atoms with Gasteiger partial charge in [-0.1, -0.05) is 37.3 Å². The number of hydrogen-bond donors (Lipinski definition) is 2. The summed E-state index contributed by atoms with van der Waals surface area (Å²) in [5, 5.41) is 13.4. The number of benzene rings is 2. The summed E-state index contributed by atoms with van der Waals surface area (Å²) in [6.07, 6.45) is 5.01. The molecule has 0 aliphatic carbocycles. The molecule has 188 valence electrons. The van der Waals surface area contributed by atoms with Gasteiger partial charge in [0, 0.05) is 56.6 Å². The molecule has 1 aliphatic rings. The van der Waals surface area contributed by atoms with Crippen LogP contribution in [-0.4, -0.2) is 45.9 Å². The maximum Gasteiger partial charge on any atom is 0.154 e. The Labute approximate surface area is 212 Å². The summed E-state index contributed by atoms with van der Waals surface area (Å²) >= 11 is 0. The highest BCUT2D eigenvalue weighted by atomic mass is 16.5. The van der Waals surface area contributed by atoms with Gasteiger partial charge in [-0.15, -0.1) is 0 Å². The standard InChI is InChI=1S/C29H35N5O2/c1-4-20-7-5-6-8-22(20)19-30-29-28-25(13-14-33(28)2)31-27(32-29)17-21-9-10-23(18-26(21)36-3)34-15-11-24(35)12-16-34/h5-10,13-14,18,24,35H,4,11-12,15-17,19H2,1-3H3,(H,30,31,32). The fraction of sp³-hybridized carbons (Fsp3) is 0.379. The van der Waals surface area contributed by atoms with Crippen LogP contribution < -0.4 is 15.0 Å². The number of piperidine rings is 1. The zero-order valence-electron chi connectivity index (χ0n) is 21.4. The molecule has 1 aliphatic heterocycles. The Kier molecular flexibility index (Phi) is 7.09. The van der Waals surface area contributed by atoms with Crippen LogP contribution in [0.3, 0.4) is 0 Å². The minimum absolute atomic E-state index is 0.189.